The van der Waals surface area contributed by atoms with E-state index >= 15 is 0 Å². The van der Waals surface area contributed by atoms with Gasteiger partial charge in [-0.1, -0.05) is 0 Å². The molecule has 3 aromatic rings. The maximum atomic E-state index is 4.76. The van der Waals surface area contributed by atoms with Crippen LogP contribution in [-0.4, -0.2) is 25.9 Å². The van der Waals surface area contributed by atoms with E-state index in [1.165, 1.54) is 16.1 Å². The fourth-order valence-corrected chi connectivity index (χ4v) is 3.45. The van der Waals surface area contributed by atoms with E-state index in [4.69, 9.17) is 9.97 Å². The van der Waals surface area contributed by atoms with E-state index in [1.807, 2.05) is 24.5 Å². The average molecular weight is 323 g/mol. The van der Waals surface area contributed by atoms with Gasteiger partial charge in [-0.25, -0.2) is 14.3 Å². The van der Waals surface area contributed by atoms with Gasteiger partial charge in [0.15, 0.2) is 5.82 Å². The molecular formula is C17H17N5S. The van der Waals surface area contributed by atoms with Gasteiger partial charge in [0.05, 0.1) is 0 Å². The van der Waals surface area contributed by atoms with Gasteiger partial charge in [0.1, 0.15) is 5.82 Å². The monoisotopic (exact) mass is 323 g/mol. The van der Waals surface area contributed by atoms with Crippen molar-refractivity contribution in [2.24, 2.45) is 0 Å². The number of fused-ring (bicyclic) bond motifs is 1. The van der Waals surface area contributed by atoms with Crippen molar-refractivity contribution in [1.82, 2.24) is 19.3 Å². The van der Waals surface area contributed by atoms with Gasteiger partial charge in [0.2, 0.25) is 0 Å². The molecule has 5 nitrogen and oxygen atoms in total. The highest BCUT2D eigenvalue weighted by Crippen LogP contribution is 2.29. The van der Waals surface area contributed by atoms with Crippen molar-refractivity contribution in [2.75, 3.05) is 11.9 Å². The summed E-state index contributed by atoms with van der Waals surface area (Å²) < 4.78 is 4.14. The van der Waals surface area contributed by atoms with Crippen molar-refractivity contribution in [3.05, 3.63) is 52.9 Å². The highest BCUT2D eigenvalue weighted by atomic mass is 32.1. The van der Waals surface area contributed by atoms with Crippen LogP contribution in [-0.2, 0) is 19.3 Å². The predicted molar refractivity (Wildman–Crippen MR) is 91.6 cm³/mol. The molecule has 4 rings (SSSR count). The number of aryl methyl sites for hydroxylation is 1. The number of nitrogens with one attached hydrogen (secondary N) is 1. The molecule has 0 amide bonds. The van der Waals surface area contributed by atoms with Crippen molar-refractivity contribution in [3.63, 3.8) is 0 Å². The molecule has 3 aromatic heterocycles. The summed E-state index contributed by atoms with van der Waals surface area (Å²) in [4.78, 5) is 15.0. The van der Waals surface area contributed by atoms with Gasteiger partial charge < -0.3 is 5.32 Å². The minimum Gasteiger partial charge on any atom is -0.369 e. The molecule has 0 unspecified atom stereocenters. The average Bonchev–Trinajstić information content (AvgIpc) is 3.26. The van der Waals surface area contributed by atoms with Crippen LogP contribution >= 0.6 is 11.5 Å². The van der Waals surface area contributed by atoms with Crippen LogP contribution in [0.15, 0.2) is 36.8 Å². The Kier molecular flexibility index (Phi) is 3.98. The molecule has 0 spiro atoms. The lowest BCUT2D eigenvalue weighted by molar-refractivity contribution is 0.899. The van der Waals surface area contributed by atoms with Gasteiger partial charge >= 0.3 is 0 Å². The summed E-state index contributed by atoms with van der Waals surface area (Å²) >= 11 is 1.55. The highest BCUT2D eigenvalue weighted by Gasteiger charge is 2.19. The van der Waals surface area contributed by atoms with Gasteiger partial charge in [0.25, 0.3) is 0 Å². The van der Waals surface area contributed by atoms with Crippen LogP contribution in [0.1, 0.15) is 22.6 Å². The third kappa shape index (κ3) is 3.07. The standard InChI is InChI=1S/C17H17N5S/c1-4-14-15(5-1)21-16(12-3-2-8-18-11-12)22-17(14)19-9-6-13-7-10-20-23-13/h2-3,7-8,10-11H,1,4-6,9H2,(H,19,21,22). The molecule has 1 aliphatic carbocycles. The summed E-state index contributed by atoms with van der Waals surface area (Å²) in [5.74, 6) is 1.75. The van der Waals surface area contributed by atoms with Gasteiger partial charge in [0, 0.05) is 53.3 Å². The van der Waals surface area contributed by atoms with E-state index in [2.05, 4.69) is 20.7 Å². The van der Waals surface area contributed by atoms with E-state index in [0.717, 1.165) is 49.4 Å². The summed E-state index contributed by atoms with van der Waals surface area (Å²) in [6, 6.07) is 5.99. The van der Waals surface area contributed by atoms with Crippen LogP contribution in [0.25, 0.3) is 11.4 Å². The smallest absolute Gasteiger partial charge is 0.163 e. The van der Waals surface area contributed by atoms with Crippen LogP contribution in [0.5, 0.6) is 0 Å². The molecule has 0 bridgehead atoms. The summed E-state index contributed by atoms with van der Waals surface area (Å²) in [6.45, 7) is 0.859. The van der Waals surface area contributed by atoms with Crippen molar-refractivity contribution in [2.45, 2.75) is 25.7 Å². The minimum atomic E-state index is 0.763. The molecule has 0 aromatic carbocycles. The van der Waals surface area contributed by atoms with E-state index < -0.39 is 0 Å². The van der Waals surface area contributed by atoms with Crippen LogP contribution in [0.3, 0.4) is 0 Å². The zero-order valence-electron chi connectivity index (χ0n) is 12.7. The van der Waals surface area contributed by atoms with E-state index in [0.29, 0.717) is 0 Å². The van der Waals surface area contributed by atoms with E-state index in [9.17, 15) is 0 Å². The zero-order valence-corrected chi connectivity index (χ0v) is 13.5. The molecule has 1 N–H and O–H groups in total. The molecule has 6 heteroatoms. The van der Waals surface area contributed by atoms with Crippen molar-refractivity contribution < 1.29 is 0 Å². The number of rotatable bonds is 5. The van der Waals surface area contributed by atoms with Crippen molar-refractivity contribution in [3.8, 4) is 11.4 Å². The van der Waals surface area contributed by atoms with Crippen LogP contribution in [0.4, 0.5) is 5.82 Å². The Morgan fingerprint density at radius 2 is 2.13 bits per heavy atom. The third-order valence-corrected chi connectivity index (χ3v) is 4.81. The summed E-state index contributed by atoms with van der Waals surface area (Å²) in [5, 5.41) is 3.50. The maximum Gasteiger partial charge on any atom is 0.163 e. The van der Waals surface area contributed by atoms with Crippen molar-refractivity contribution in [1.29, 1.82) is 0 Å². The fraction of sp³-hybridized carbons (Fsp3) is 0.294. The van der Waals surface area contributed by atoms with Gasteiger partial charge in [-0.15, -0.1) is 0 Å². The second-order valence-electron chi connectivity index (χ2n) is 5.57. The molecule has 23 heavy (non-hydrogen) atoms. The molecule has 0 radical (unpaired) electrons. The Hall–Kier alpha value is -2.34. The van der Waals surface area contributed by atoms with Crippen LogP contribution in [0.2, 0.25) is 0 Å². The Balaban J connectivity index is 1.59. The predicted octanol–water partition coefficient (Wildman–Crippen LogP) is 3.14. The molecular weight excluding hydrogens is 306 g/mol. The Bertz CT molecular complexity index is 786. The van der Waals surface area contributed by atoms with Crippen molar-refractivity contribution >= 4 is 17.4 Å². The second-order valence-corrected chi connectivity index (χ2v) is 6.49. The fourth-order valence-electron chi connectivity index (χ4n) is 2.88. The largest absolute Gasteiger partial charge is 0.369 e. The van der Waals surface area contributed by atoms with Gasteiger partial charge in [-0.05, 0) is 49.0 Å². The zero-order chi connectivity index (χ0) is 15.5. The summed E-state index contributed by atoms with van der Waals surface area (Å²) in [6.07, 6.45) is 9.65. The Morgan fingerprint density at radius 3 is 2.96 bits per heavy atom. The third-order valence-electron chi connectivity index (χ3n) is 4.01. The normalized spacial score (nSPS) is 13.0. The van der Waals surface area contributed by atoms with Crippen LogP contribution < -0.4 is 5.32 Å². The first kappa shape index (κ1) is 14.3. The van der Waals surface area contributed by atoms with Crippen LogP contribution in [0, 0.1) is 0 Å². The molecule has 0 fully saturated rings. The SMILES string of the molecule is c1cncc(-c2nc3c(c(NCCc4ccns4)n2)CCC3)c1. The second kappa shape index (κ2) is 6.42. The summed E-state index contributed by atoms with van der Waals surface area (Å²) in [7, 11) is 0. The van der Waals surface area contributed by atoms with Gasteiger partial charge in [-0.2, -0.15) is 0 Å². The van der Waals surface area contributed by atoms with E-state index in [-0.39, 0.29) is 0 Å². The quantitative estimate of drug-likeness (QED) is 0.781. The number of pyridine rings is 1. The lowest BCUT2D eigenvalue weighted by Gasteiger charge is -2.12. The van der Waals surface area contributed by atoms with E-state index in [1.54, 1.807) is 17.7 Å². The number of hydrogen-bond donors (Lipinski definition) is 1. The first-order valence-corrected chi connectivity index (χ1v) is 8.61. The molecule has 1 aliphatic rings. The lowest BCUT2D eigenvalue weighted by Crippen LogP contribution is -2.10. The lowest BCUT2D eigenvalue weighted by atomic mass is 10.2. The first-order valence-electron chi connectivity index (χ1n) is 7.84. The minimum absolute atomic E-state index is 0.763. The number of anilines is 1. The number of nitrogens with zero attached hydrogens (tertiary/aromatic N) is 4. The Labute approximate surface area is 139 Å². The first-order chi connectivity index (χ1) is 11.4. The molecule has 0 saturated carbocycles. The summed E-state index contributed by atoms with van der Waals surface area (Å²) in [5.41, 5.74) is 3.42. The molecule has 0 atom stereocenters. The Morgan fingerprint density at radius 1 is 1.13 bits per heavy atom. The maximum absolute atomic E-state index is 4.76. The number of aromatic nitrogens is 4. The van der Waals surface area contributed by atoms with Gasteiger partial charge in [-0.3, -0.25) is 4.98 Å². The molecule has 3 heterocycles. The molecule has 0 saturated heterocycles. The molecule has 116 valence electrons. The molecule has 0 aliphatic heterocycles. The highest BCUT2D eigenvalue weighted by molar-refractivity contribution is 7.05. The topological polar surface area (TPSA) is 63.6 Å². The number of hydrogen-bond acceptors (Lipinski definition) is 6.